The zero-order valence-corrected chi connectivity index (χ0v) is 12.5. The van der Waals surface area contributed by atoms with Gasteiger partial charge in [0.1, 0.15) is 5.75 Å². The Balaban J connectivity index is 1.61. The van der Waals surface area contributed by atoms with Crippen molar-refractivity contribution in [1.82, 2.24) is 15.8 Å². The van der Waals surface area contributed by atoms with Crippen LogP contribution >= 0.6 is 0 Å². The second-order valence-corrected chi connectivity index (χ2v) is 5.34. The number of hydrogen-bond donors (Lipinski definition) is 2. The van der Waals surface area contributed by atoms with E-state index < -0.39 is 0 Å². The number of nitrogens with one attached hydrogen (secondary N) is 2. The number of carbonyl (C=O) groups is 1. The number of rotatable bonds is 3. The lowest BCUT2D eigenvalue weighted by atomic mass is 10.0. The molecule has 116 valence electrons. The van der Waals surface area contributed by atoms with Crippen molar-refractivity contribution in [3.8, 4) is 5.75 Å². The van der Waals surface area contributed by atoms with Crippen LogP contribution in [0, 0.1) is 6.92 Å². The van der Waals surface area contributed by atoms with Crippen LogP contribution in [0.1, 0.15) is 35.9 Å². The first-order chi connectivity index (χ1) is 10.7. The summed E-state index contributed by atoms with van der Waals surface area (Å²) in [5.74, 6) is 1.48. The quantitative estimate of drug-likeness (QED) is 0.914. The molecule has 2 N–H and O–H groups in total. The Kier molecular flexibility index (Phi) is 4.27. The third kappa shape index (κ3) is 3.39. The van der Waals surface area contributed by atoms with Crippen LogP contribution in [0.15, 0.2) is 34.9 Å². The molecule has 1 aromatic heterocycles. The molecule has 0 aliphatic carbocycles. The van der Waals surface area contributed by atoms with E-state index in [1.807, 2.05) is 31.2 Å². The highest BCUT2D eigenvalue weighted by Gasteiger charge is 2.21. The highest BCUT2D eigenvalue weighted by atomic mass is 16.5. The monoisotopic (exact) mass is 301 g/mol. The van der Waals surface area contributed by atoms with Crippen molar-refractivity contribution in [2.45, 2.75) is 32.4 Å². The van der Waals surface area contributed by atoms with E-state index in [9.17, 15) is 4.79 Å². The fourth-order valence-corrected chi connectivity index (χ4v) is 2.55. The molecule has 0 saturated heterocycles. The first-order valence-electron chi connectivity index (χ1n) is 7.40. The topological polar surface area (TPSA) is 76.4 Å². The number of urea groups is 1. The number of nitrogens with zero attached hydrogens (tertiary/aromatic N) is 1. The molecule has 1 aliphatic rings. The molecule has 0 spiro atoms. The summed E-state index contributed by atoms with van der Waals surface area (Å²) in [5, 5.41) is 9.58. The molecule has 0 bridgehead atoms. The van der Waals surface area contributed by atoms with Crippen molar-refractivity contribution < 1.29 is 14.1 Å². The maximum absolute atomic E-state index is 12.1. The summed E-state index contributed by atoms with van der Waals surface area (Å²) in [6.07, 6.45) is 1.76. The first-order valence-corrected chi connectivity index (χ1v) is 7.40. The number of carbonyl (C=O) groups excluding carboxylic acids is 1. The van der Waals surface area contributed by atoms with Crippen LogP contribution in [0.4, 0.5) is 4.79 Å². The van der Waals surface area contributed by atoms with E-state index in [-0.39, 0.29) is 12.1 Å². The largest absolute Gasteiger partial charge is 0.493 e. The average Bonchev–Trinajstić information content (AvgIpc) is 2.83. The van der Waals surface area contributed by atoms with Crippen molar-refractivity contribution in [2.24, 2.45) is 0 Å². The van der Waals surface area contributed by atoms with Gasteiger partial charge in [0.05, 0.1) is 24.9 Å². The summed E-state index contributed by atoms with van der Waals surface area (Å²) in [7, 11) is 0. The minimum absolute atomic E-state index is 0.0461. The van der Waals surface area contributed by atoms with Gasteiger partial charge in [-0.2, -0.15) is 0 Å². The molecule has 0 saturated carbocycles. The molecule has 2 heterocycles. The summed E-state index contributed by atoms with van der Waals surface area (Å²) < 4.78 is 10.8. The zero-order chi connectivity index (χ0) is 15.4. The summed E-state index contributed by atoms with van der Waals surface area (Å²) in [5.41, 5.74) is 1.82. The highest BCUT2D eigenvalue weighted by Crippen LogP contribution is 2.30. The zero-order valence-electron chi connectivity index (χ0n) is 12.5. The molecule has 0 radical (unpaired) electrons. The second kappa shape index (κ2) is 6.51. The highest BCUT2D eigenvalue weighted by molar-refractivity contribution is 5.74. The van der Waals surface area contributed by atoms with Gasteiger partial charge in [-0.15, -0.1) is 0 Å². The van der Waals surface area contributed by atoms with Gasteiger partial charge in [-0.25, -0.2) is 4.79 Å². The Morgan fingerprint density at radius 3 is 3.09 bits per heavy atom. The minimum atomic E-state index is -0.226. The van der Waals surface area contributed by atoms with Gasteiger partial charge in [0.15, 0.2) is 5.76 Å². The number of ether oxygens (including phenoxy) is 1. The van der Waals surface area contributed by atoms with Crippen LogP contribution < -0.4 is 15.4 Å². The molecule has 2 aromatic rings. The number of amides is 2. The summed E-state index contributed by atoms with van der Waals surface area (Å²) in [4.78, 5) is 12.1. The van der Waals surface area contributed by atoms with E-state index in [4.69, 9.17) is 9.26 Å². The number of para-hydroxylation sites is 1. The molecule has 1 aromatic carbocycles. The van der Waals surface area contributed by atoms with Crippen molar-refractivity contribution in [3.63, 3.8) is 0 Å². The van der Waals surface area contributed by atoms with Crippen molar-refractivity contribution in [2.75, 3.05) is 6.61 Å². The lowest BCUT2D eigenvalue weighted by Crippen LogP contribution is -2.37. The second-order valence-electron chi connectivity index (χ2n) is 5.34. The smallest absolute Gasteiger partial charge is 0.315 e. The maximum atomic E-state index is 12.1. The molecule has 6 heteroatoms. The maximum Gasteiger partial charge on any atom is 0.315 e. The van der Waals surface area contributed by atoms with E-state index in [1.165, 1.54) is 0 Å². The molecule has 1 aliphatic heterocycles. The van der Waals surface area contributed by atoms with Gasteiger partial charge in [-0.05, 0) is 25.8 Å². The predicted octanol–water partition coefficient (Wildman–Crippen LogP) is 2.70. The van der Waals surface area contributed by atoms with Gasteiger partial charge in [0.2, 0.25) is 0 Å². The molecule has 6 nitrogen and oxygen atoms in total. The molecule has 1 unspecified atom stereocenters. The third-order valence-electron chi connectivity index (χ3n) is 3.59. The molecule has 3 rings (SSSR count). The van der Waals surface area contributed by atoms with Crippen LogP contribution in [0.2, 0.25) is 0 Å². The van der Waals surface area contributed by atoms with Crippen molar-refractivity contribution in [1.29, 1.82) is 0 Å². The average molecular weight is 301 g/mol. The van der Waals surface area contributed by atoms with E-state index in [0.717, 1.165) is 29.8 Å². The fraction of sp³-hybridized carbons (Fsp3) is 0.375. The Bertz CT molecular complexity index is 654. The van der Waals surface area contributed by atoms with Crippen LogP contribution in [-0.4, -0.2) is 17.8 Å². The number of aryl methyl sites for hydroxylation is 1. The molecule has 2 amide bonds. The Morgan fingerprint density at radius 2 is 2.27 bits per heavy atom. The number of benzene rings is 1. The van der Waals surface area contributed by atoms with Crippen LogP contribution in [0.25, 0.3) is 0 Å². The van der Waals surface area contributed by atoms with E-state index in [2.05, 4.69) is 15.8 Å². The van der Waals surface area contributed by atoms with Gasteiger partial charge in [-0.1, -0.05) is 23.4 Å². The molecule has 22 heavy (non-hydrogen) atoms. The first kappa shape index (κ1) is 14.4. The SMILES string of the molecule is Cc1cc(CNC(=O)NC2CCCOc3ccccc32)on1. The normalized spacial score (nSPS) is 17.0. The Morgan fingerprint density at radius 1 is 1.41 bits per heavy atom. The van der Waals surface area contributed by atoms with E-state index in [0.29, 0.717) is 18.9 Å². The lowest BCUT2D eigenvalue weighted by molar-refractivity contribution is 0.234. The van der Waals surface area contributed by atoms with Crippen LogP contribution in [0.5, 0.6) is 5.75 Å². The van der Waals surface area contributed by atoms with Gasteiger partial charge in [-0.3, -0.25) is 0 Å². The lowest BCUT2D eigenvalue weighted by Gasteiger charge is -2.18. The molecule has 1 atom stereocenters. The minimum Gasteiger partial charge on any atom is -0.493 e. The van der Waals surface area contributed by atoms with E-state index >= 15 is 0 Å². The van der Waals surface area contributed by atoms with E-state index in [1.54, 1.807) is 6.07 Å². The number of fused-ring (bicyclic) bond motifs is 1. The van der Waals surface area contributed by atoms with Crippen molar-refractivity contribution >= 4 is 6.03 Å². The molecule has 0 fully saturated rings. The molecular weight excluding hydrogens is 282 g/mol. The van der Waals surface area contributed by atoms with Crippen LogP contribution in [-0.2, 0) is 6.54 Å². The molecular formula is C16H19N3O3. The third-order valence-corrected chi connectivity index (χ3v) is 3.59. The standard InChI is InChI=1S/C16H19N3O3/c1-11-9-12(22-19-11)10-17-16(20)18-14-6-4-8-21-15-7-3-2-5-13(14)15/h2-3,5,7,9,14H,4,6,8,10H2,1H3,(H2,17,18,20). The summed E-state index contributed by atoms with van der Waals surface area (Å²) in [6.45, 7) is 2.83. The fourth-order valence-electron chi connectivity index (χ4n) is 2.55. The predicted molar refractivity (Wildman–Crippen MR) is 80.5 cm³/mol. The van der Waals surface area contributed by atoms with Crippen molar-refractivity contribution in [3.05, 3.63) is 47.3 Å². The van der Waals surface area contributed by atoms with Gasteiger partial charge < -0.3 is 19.9 Å². The number of aromatic nitrogens is 1. The summed E-state index contributed by atoms with van der Waals surface area (Å²) in [6, 6.07) is 9.35. The number of hydrogen-bond acceptors (Lipinski definition) is 4. The Labute approximate surface area is 128 Å². The van der Waals surface area contributed by atoms with Gasteiger partial charge in [0, 0.05) is 11.6 Å². The summed E-state index contributed by atoms with van der Waals surface area (Å²) >= 11 is 0. The van der Waals surface area contributed by atoms with Gasteiger partial charge in [0.25, 0.3) is 0 Å². The van der Waals surface area contributed by atoms with Crippen LogP contribution in [0.3, 0.4) is 0 Å². The van der Waals surface area contributed by atoms with Gasteiger partial charge >= 0.3 is 6.03 Å². The Hall–Kier alpha value is -2.50.